The van der Waals surface area contributed by atoms with Crippen molar-refractivity contribution < 1.29 is 46.3 Å². The molecular weight excluding hydrogens is 612 g/mol. The van der Waals surface area contributed by atoms with Gasteiger partial charge in [-0.15, -0.1) is 0 Å². The molecule has 0 saturated carbocycles. The highest BCUT2D eigenvalue weighted by Gasteiger charge is 2.34. The number of benzene rings is 3. The molecule has 46 heavy (non-hydrogen) atoms. The second-order valence-electron chi connectivity index (χ2n) is 11.3. The Balaban J connectivity index is 1.47. The summed E-state index contributed by atoms with van der Waals surface area (Å²) in [6.07, 6.45) is 0.118. The monoisotopic (exact) mass is 644 g/mol. The van der Waals surface area contributed by atoms with E-state index in [0.717, 1.165) is 10.8 Å². The van der Waals surface area contributed by atoms with Gasteiger partial charge in [-0.25, -0.2) is 8.78 Å². The topological polar surface area (TPSA) is 143 Å². The van der Waals surface area contributed by atoms with E-state index in [1.165, 1.54) is 0 Å². The van der Waals surface area contributed by atoms with Gasteiger partial charge in [-0.1, -0.05) is 44.2 Å². The van der Waals surface area contributed by atoms with Crippen LogP contribution in [0, 0.1) is 35.1 Å². The summed E-state index contributed by atoms with van der Waals surface area (Å²) in [6.45, 7) is 2.70. The first-order chi connectivity index (χ1) is 21.8. The summed E-state index contributed by atoms with van der Waals surface area (Å²) in [7, 11) is 0. The number of Topliss-reactive ketones (excluding diaryl/α,β-unsaturated/α-hetero) is 1. The Labute approximate surface area is 261 Å². The lowest BCUT2D eigenvalue weighted by Crippen LogP contribution is -2.54. The van der Waals surface area contributed by atoms with Crippen molar-refractivity contribution in [1.82, 2.24) is 16.0 Å². The van der Waals surface area contributed by atoms with E-state index in [1.54, 1.807) is 32.0 Å². The number of rotatable bonds is 12. The number of anilines is 1. The molecule has 1 fully saturated rings. The number of amides is 4. The predicted molar refractivity (Wildman–Crippen MR) is 158 cm³/mol. The third kappa shape index (κ3) is 8.37. The lowest BCUT2D eigenvalue weighted by molar-refractivity contribution is -0.138. The van der Waals surface area contributed by atoms with Crippen molar-refractivity contribution in [1.29, 1.82) is 0 Å². The molecule has 0 aliphatic carbocycles. The second kappa shape index (κ2) is 14.8. The fourth-order valence-electron chi connectivity index (χ4n) is 5.00. The zero-order valence-electron chi connectivity index (χ0n) is 24.9. The third-order valence-electron chi connectivity index (χ3n) is 7.36. The summed E-state index contributed by atoms with van der Waals surface area (Å²) in [5.41, 5.74) is 0.343. The van der Waals surface area contributed by atoms with Crippen LogP contribution in [0.15, 0.2) is 48.5 Å². The van der Waals surface area contributed by atoms with Crippen LogP contribution >= 0.6 is 0 Å². The average Bonchev–Trinajstić information content (AvgIpc) is 3.42. The van der Waals surface area contributed by atoms with Crippen molar-refractivity contribution in [2.45, 2.75) is 45.2 Å². The Bertz CT molecular complexity index is 1640. The molecule has 0 aromatic heterocycles. The molecule has 3 atom stereocenters. The van der Waals surface area contributed by atoms with Crippen molar-refractivity contribution in [2.24, 2.45) is 11.8 Å². The van der Waals surface area contributed by atoms with Crippen LogP contribution in [0.1, 0.15) is 33.1 Å². The molecular formula is C32H32F4N4O6. The SMILES string of the molecule is CC(C)C[C@H](NC(=O)C(=O)Nc1ccc2ccccc2c1)C(=O)N[C@@H](C[C@@H]1CCNC1=O)C(=O)COc1c(F)c(F)cc(F)c1F. The molecule has 0 unspecified atom stereocenters. The van der Waals surface area contributed by atoms with Crippen LogP contribution in [-0.2, 0) is 24.0 Å². The number of ether oxygens (including phenoxy) is 1. The normalized spacial score (nSPS) is 15.6. The summed E-state index contributed by atoms with van der Waals surface area (Å²) in [4.78, 5) is 64.4. The number of carbonyl (C=O) groups is 5. The summed E-state index contributed by atoms with van der Waals surface area (Å²) >= 11 is 0. The molecule has 14 heteroatoms. The second-order valence-corrected chi connectivity index (χ2v) is 11.3. The van der Waals surface area contributed by atoms with E-state index in [4.69, 9.17) is 4.74 Å². The zero-order valence-corrected chi connectivity index (χ0v) is 24.9. The molecule has 4 amide bonds. The van der Waals surface area contributed by atoms with Gasteiger partial charge in [0, 0.05) is 24.2 Å². The minimum absolute atomic E-state index is 0.0215. The number of hydrogen-bond donors (Lipinski definition) is 4. The van der Waals surface area contributed by atoms with Crippen LogP contribution in [0.2, 0.25) is 0 Å². The Hall–Kier alpha value is -5.01. The zero-order chi connectivity index (χ0) is 33.5. The van der Waals surface area contributed by atoms with Gasteiger partial charge in [0.2, 0.25) is 23.4 Å². The molecule has 10 nitrogen and oxygen atoms in total. The number of fused-ring (bicyclic) bond motifs is 1. The van der Waals surface area contributed by atoms with Crippen molar-refractivity contribution in [2.75, 3.05) is 18.5 Å². The van der Waals surface area contributed by atoms with E-state index in [-0.39, 0.29) is 24.8 Å². The fourth-order valence-corrected chi connectivity index (χ4v) is 5.00. The van der Waals surface area contributed by atoms with Gasteiger partial charge in [0.1, 0.15) is 12.6 Å². The first kappa shape index (κ1) is 33.9. The number of hydrogen-bond acceptors (Lipinski definition) is 6. The molecule has 244 valence electrons. The maximum absolute atomic E-state index is 14.1. The van der Waals surface area contributed by atoms with Crippen LogP contribution in [0.3, 0.4) is 0 Å². The molecule has 0 radical (unpaired) electrons. The van der Waals surface area contributed by atoms with Crippen LogP contribution in [0.5, 0.6) is 5.75 Å². The van der Waals surface area contributed by atoms with E-state index < -0.39 is 83.0 Å². The largest absolute Gasteiger partial charge is 0.479 e. The van der Waals surface area contributed by atoms with Crippen molar-refractivity contribution in [3.05, 3.63) is 71.8 Å². The number of halogens is 4. The quantitative estimate of drug-likeness (QED) is 0.135. The fraction of sp³-hybridized carbons (Fsp3) is 0.344. The van der Waals surface area contributed by atoms with Crippen LogP contribution in [0.4, 0.5) is 23.2 Å². The molecule has 4 rings (SSSR count). The van der Waals surface area contributed by atoms with Gasteiger partial charge in [-0.05, 0) is 48.1 Å². The van der Waals surface area contributed by atoms with Gasteiger partial charge in [-0.2, -0.15) is 8.78 Å². The van der Waals surface area contributed by atoms with Gasteiger partial charge >= 0.3 is 11.8 Å². The summed E-state index contributed by atoms with van der Waals surface area (Å²) in [5, 5.41) is 11.6. The minimum Gasteiger partial charge on any atom is -0.479 e. The first-order valence-electron chi connectivity index (χ1n) is 14.5. The van der Waals surface area contributed by atoms with Gasteiger partial charge in [0.25, 0.3) is 0 Å². The lowest BCUT2D eigenvalue weighted by Gasteiger charge is -2.25. The van der Waals surface area contributed by atoms with E-state index in [2.05, 4.69) is 21.3 Å². The van der Waals surface area contributed by atoms with Crippen LogP contribution < -0.4 is 26.0 Å². The molecule has 3 aromatic rings. The molecule has 0 spiro atoms. The highest BCUT2D eigenvalue weighted by atomic mass is 19.2. The number of ketones is 1. The minimum atomic E-state index is -1.86. The molecule has 1 aliphatic heterocycles. The van der Waals surface area contributed by atoms with E-state index in [0.29, 0.717) is 18.7 Å². The summed E-state index contributed by atoms with van der Waals surface area (Å²) < 4.78 is 60.2. The van der Waals surface area contributed by atoms with E-state index in [9.17, 15) is 41.5 Å². The van der Waals surface area contributed by atoms with E-state index in [1.807, 2.05) is 24.3 Å². The maximum atomic E-state index is 14.1. The molecule has 1 heterocycles. The average molecular weight is 645 g/mol. The third-order valence-corrected chi connectivity index (χ3v) is 7.36. The summed E-state index contributed by atoms with van der Waals surface area (Å²) in [6, 6.07) is 9.62. The van der Waals surface area contributed by atoms with Crippen LogP contribution in [0.25, 0.3) is 10.8 Å². The molecule has 0 bridgehead atoms. The molecule has 3 aromatic carbocycles. The number of carbonyl (C=O) groups excluding carboxylic acids is 5. The predicted octanol–water partition coefficient (Wildman–Crippen LogP) is 3.52. The smallest absolute Gasteiger partial charge is 0.313 e. The highest BCUT2D eigenvalue weighted by molar-refractivity contribution is 6.40. The maximum Gasteiger partial charge on any atom is 0.313 e. The Morgan fingerprint density at radius 1 is 0.891 bits per heavy atom. The molecule has 4 N–H and O–H groups in total. The van der Waals surface area contributed by atoms with Crippen molar-refractivity contribution in [3.8, 4) is 5.75 Å². The van der Waals surface area contributed by atoms with Gasteiger partial charge in [0.15, 0.2) is 23.2 Å². The Morgan fingerprint density at radius 3 is 2.20 bits per heavy atom. The van der Waals surface area contributed by atoms with Gasteiger partial charge in [0.05, 0.1) is 6.04 Å². The first-order valence-corrected chi connectivity index (χ1v) is 14.5. The lowest BCUT2D eigenvalue weighted by atomic mass is 9.95. The molecule has 1 aliphatic rings. The standard InChI is InChI=1S/C32H32F4N4O6/c1-16(2)11-24(40-32(45)31(44)38-20-8-7-17-5-3-4-6-18(17)12-20)30(43)39-23(13-19-9-10-37-29(19)42)25(41)15-46-28-26(35)21(33)14-22(34)27(28)36/h3-8,12,14,16,19,23-24H,9-11,13,15H2,1-2H3,(H,37,42)(H,38,44)(H,39,43)(H,40,45)/t19-,23-,24-/m0/s1. The Morgan fingerprint density at radius 2 is 1.57 bits per heavy atom. The van der Waals surface area contributed by atoms with E-state index >= 15 is 0 Å². The van der Waals surface area contributed by atoms with Crippen LogP contribution in [-0.4, -0.2) is 54.6 Å². The molecule has 1 saturated heterocycles. The number of nitrogens with one attached hydrogen (secondary N) is 4. The van der Waals surface area contributed by atoms with Gasteiger partial charge < -0.3 is 26.0 Å². The van der Waals surface area contributed by atoms with Crippen molar-refractivity contribution in [3.63, 3.8) is 0 Å². The van der Waals surface area contributed by atoms with Gasteiger partial charge in [-0.3, -0.25) is 24.0 Å². The Kier molecular flexibility index (Phi) is 10.9. The highest BCUT2D eigenvalue weighted by Crippen LogP contribution is 2.27. The van der Waals surface area contributed by atoms with Crippen molar-refractivity contribution >= 4 is 45.9 Å². The summed E-state index contributed by atoms with van der Waals surface area (Å²) in [5.74, 6) is -14.0.